The standard InChI is InChI=1S/C21H25F3O/c22-21(23,24)25-19-7-5-17(6-8-19)15-1-3-16(4-2-15)18-9-11-20(12-10-18)13-14-20/h5-8,13-16,18H,1-4,9-12H2. The van der Waals surface area contributed by atoms with Crippen molar-refractivity contribution >= 4 is 0 Å². The van der Waals surface area contributed by atoms with Gasteiger partial charge in [-0.1, -0.05) is 24.3 Å². The van der Waals surface area contributed by atoms with E-state index in [0.29, 0.717) is 11.3 Å². The van der Waals surface area contributed by atoms with E-state index < -0.39 is 6.36 Å². The van der Waals surface area contributed by atoms with Crippen LogP contribution in [0.1, 0.15) is 62.8 Å². The number of halogens is 3. The Morgan fingerprint density at radius 3 is 1.88 bits per heavy atom. The maximum absolute atomic E-state index is 12.2. The molecule has 1 aromatic carbocycles. The molecule has 1 nitrogen and oxygen atoms in total. The van der Waals surface area contributed by atoms with E-state index in [1.54, 1.807) is 12.1 Å². The van der Waals surface area contributed by atoms with Crippen LogP contribution in [-0.2, 0) is 0 Å². The summed E-state index contributed by atoms with van der Waals surface area (Å²) < 4.78 is 40.7. The Hall–Kier alpha value is -1.45. The second-order valence-corrected chi connectivity index (χ2v) is 8.13. The fourth-order valence-electron chi connectivity index (χ4n) is 4.97. The molecule has 0 atom stereocenters. The molecule has 4 heteroatoms. The molecule has 3 aliphatic carbocycles. The van der Waals surface area contributed by atoms with Crippen molar-refractivity contribution in [2.24, 2.45) is 17.3 Å². The van der Waals surface area contributed by atoms with E-state index in [2.05, 4.69) is 16.9 Å². The van der Waals surface area contributed by atoms with Crippen LogP contribution >= 0.6 is 0 Å². The lowest BCUT2D eigenvalue weighted by atomic mass is 9.67. The van der Waals surface area contributed by atoms with Crippen molar-refractivity contribution < 1.29 is 17.9 Å². The molecule has 0 aromatic heterocycles. The predicted molar refractivity (Wildman–Crippen MR) is 91.4 cm³/mol. The maximum atomic E-state index is 12.2. The molecule has 0 heterocycles. The van der Waals surface area contributed by atoms with Crippen molar-refractivity contribution in [1.29, 1.82) is 0 Å². The van der Waals surface area contributed by atoms with Crippen LogP contribution in [0.2, 0.25) is 0 Å². The molecule has 0 N–H and O–H groups in total. The Balaban J connectivity index is 1.28. The van der Waals surface area contributed by atoms with Gasteiger partial charge in [-0.15, -0.1) is 13.2 Å². The predicted octanol–water partition coefficient (Wildman–Crippen LogP) is 6.61. The van der Waals surface area contributed by atoms with Crippen molar-refractivity contribution in [1.82, 2.24) is 0 Å². The minimum Gasteiger partial charge on any atom is -0.406 e. The molecule has 25 heavy (non-hydrogen) atoms. The highest BCUT2D eigenvalue weighted by molar-refractivity contribution is 5.30. The first kappa shape index (κ1) is 17.0. The highest BCUT2D eigenvalue weighted by atomic mass is 19.4. The third-order valence-electron chi connectivity index (χ3n) is 6.62. The summed E-state index contributed by atoms with van der Waals surface area (Å²) in [6, 6.07) is 6.49. The molecule has 2 saturated carbocycles. The monoisotopic (exact) mass is 350 g/mol. The van der Waals surface area contributed by atoms with Crippen LogP contribution < -0.4 is 4.74 Å². The molecule has 1 aromatic rings. The van der Waals surface area contributed by atoms with Gasteiger partial charge in [0.15, 0.2) is 0 Å². The van der Waals surface area contributed by atoms with Crippen molar-refractivity contribution in [2.45, 2.75) is 63.6 Å². The molecular weight excluding hydrogens is 325 g/mol. The average molecular weight is 350 g/mol. The highest BCUT2D eigenvalue weighted by Crippen LogP contribution is 2.52. The van der Waals surface area contributed by atoms with Gasteiger partial charge in [0.1, 0.15) is 5.75 Å². The third kappa shape index (κ3) is 4.04. The zero-order valence-electron chi connectivity index (χ0n) is 14.4. The lowest BCUT2D eigenvalue weighted by Crippen LogP contribution is -2.26. The molecule has 3 aliphatic rings. The van der Waals surface area contributed by atoms with Crippen LogP contribution in [-0.4, -0.2) is 6.36 Å². The largest absolute Gasteiger partial charge is 0.573 e. The van der Waals surface area contributed by atoms with Gasteiger partial charge in [-0.2, -0.15) is 0 Å². The van der Waals surface area contributed by atoms with Gasteiger partial charge in [0, 0.05) is 5.41 Å². The van der Waals surface area contributed by atoms with Crippen LogP contribution in [0.25, 0.3) is 0 Å². The lowest BCUT2D eigenvalue weighted by molar-refractivity contribution is -0.274. The number of hydrogen-bond acceptors (Lipinski definition) is 1. The van der Waals surface area contributed by atoms with Crippen LogP contribution in [0.3, 0.4) is 0 Å². The lowest BCUT2D eigenvalue weighted by Gasteiger charge is -2.38. The number of alkyl halides is 3. The van der Waals surface area contributed by atoms with E-state index in [1.165, 1.54) is 50.7 Å². The van der Waals surface area contributed by atoms with Gasteiger partial charge in [0.2, 0.25) is 0 Å². The average Bonchev–Trinajstić information content (AvgIpc) is 3.34. The van der Waals surface area contributed by atoms with Gasteiger partial charge in [0.05, 0.1) is 0 Å². The van der Waals surface area contributed by atoms with E-state index in [1.807, 2.05) is 0 Å². The van der Waals surface area contributed by atoms with Gasteiger partial charge in [-0.05, 0) is 86.8 Å². The fourth-order valence-corrected chi connectivity index (χ4v) is 4.97. The molecule has 0 aliphatic heterocycles. The van der Waals surface area contributed by atoms with Crippen molar-refractivity contribution in [3.8, 4) is 5.75 Å². The summed E-state index contributed by atoms with van der Waals surface area (Å²) >= 11 is 0. The van der Waals surface area contributed by atoms with Crippen LogP contribution in [0, 0.1) is 17.3 Å². The van der Waals surface area contributed by atoms with E-state index in [-0.39, 0.29) is 5.75 Å². The smallest absolute Gasteiger partial charge is 0.406 e. The number of hydrogen-bond donors (Lipinski definition) is 0. The molecule has 1 spiro atoms. The zero-order chi connectivity index (χ0) is 17.5. The first-order valence-electron chi connectivity index (χ1n) is 9.49. The molecule has 2 fully saturated rings. The van der Waals surface area contributed by atoms with Gasteiger partial charge in [-0.3, -0.25) is 0 Å². The van der Waals surface area contributed by atoms with Crippen LogP contribution in [0.4, 0.5) is 13.2 Å². The van der Waals surface area contributed by atoms with Gasteiger partial charge >= 0.3 is 6.36 Å². The summed E-state index contributed by atoms with van der Waals surface area (Å²) in [7, 11) is 0. The Morgan fingerprint density at radius 2 is 1.36 bits per heavy atom. The fraction of sp³-hybridized carbons (Fsp3) is 0.619. The molecule has 0 bridgehead atoms. The first-order chi connectivity index (χ1) is 11.9. The summed E-state index contributed by atoms with van der Waals surface area (Å²) in [5.74, 6) is 2.09. The first-order valence-corrected chi connectivity index (χ1v) is 9.49. The molecule has 0 unspecified atom stereocenters. The van der Waals surface area contributed by atoms with Gasteiger partial charge in [-0.25, -0.2) is 0 Å². The van der Waals surface area contributed by atoms with Crippen LogP contribution in [0.15, 0.2) is 36.4 Å². The number of benzene rings is 1. The number of allylic oxidation sites excluding steroid dienone is 2. The van der Waals surface area contributed by atoms with Gasteiger partial charge in [0.25, 0.3) is 0 Å². The molecular formula is C21H25F3O. The van der Waals surface area contributed by atoms with Crippen molar-refractivity contribution in [3.05, 3.63) is 42.0 Å². The van der Waals surface area contributed by atoms with Gasteiger partial charge < -0.3 is 4.74 Å². The van der Waals surface area contributed by atoms with E-state index in [0.717, 1.165) is 30.2 Å². The Kier molecular flexibility index (Phi) is 4.33. The third-order valence-corrected chi connectivity index (χ3v) is 6.62. The second-order valence-electron chi connectivity index (χ2n) is 8.13. The maximum Gasteiger partial charge on any atom is 0.573 e. The van der Waals surface area contributed by atoms with E-state index in [9.17, 15) is 13.2 Å². The molecule has 0 radical (unpaired) electrons. The van der Waals surface area contributed by atoms with E-state index >= 15 is 0 Å². The summed E-state index contributed by atoms with van der Waals surface area (Å²) in [6.45, 7) is 0. The molecule has 0 amide bonds. The van der Waals surface area contributed by atoms with Crippen molar-refractivity contribution in [3.63, 3.8) is 0 Å². The minimum atomic E-state index is -4.62. The summed E-state index contributed by atoms with van der Waals surface area (Å²) in [4.78, 5) is 0. The summed E-state index contributed by atoms with van der Waals surface area (Å²) in [5, 5.41) is 0. The second kappa shape index (κ2) is 6.37. The van der Waals surface area contributed by atoms with Crippen LogP contribution in [0.5, 0.6) is 5.75 Å². The topological polar surface area (TPSA) is 9.23 Å². The Morgan fingerprint density at radius 1 is 0.800 bits per heavy atom. The summed E-state index contributed by atoms with van der Waals surface area (Å²) in [5.41, 5.74) is 1.67. The molecule has 4 rings (SSSR count). The quantitative estimate of drug-likeness (QED) is 0.558. The van der Waals surface area contributed by atoms with Crippen molar-refractivity contribution in [2.75, 3.05) is 0 Å². The normalized spacial score (nSPS) is 28.9. The highest BCUT2D eigenvalue weighted by Gasteiger charge is 2.40. The SMILES string of the molecule is FC(F)(F)Oc1ccc(C2CCC(C3CCC4(C=C4)CC3)CC2)cc1. The Labute approximate surface area is 147 Å². The molecule has 0 saturated heterocycles. The van der Waals surface area contributed by atoms with E-state index in [4.69, 9.17) is 0 Å². The minimum absolute atomic E-state index is 0.130. The number of ether oxygens (including phenoxy) is 1. The number of rotatable bonds is 3. The summed E-state index contributed by atoms with van der Waals surface area (Å²) in [6.07, 6.45) is 10.4. The molecule has 136 valence electrons. The zero-order valence-corrected chi connectivity index (χ0v) is 14.4. The Bertz CT molecular complexity index is 608.